The van der Waals surface area contributed by atoms with Crippen molar-refractivity contribution >= 4 is 23.5 Å². The summed E-state index contributed by atoms with van der Waals surface area (Å²) < 4.78 is 0. The Balaban J connectivity index is 2.14. The predicted molar refractivity (Wildman–Crippen MR) is 89.4 cm³/mol. The lowest BCUT2D eigenvalue weighted by molar-refractivity contribution is -0.139. The maximum Gasteiger partial charge on any atom is 0.326 e. The van der Waals surface area contributed by atoms with E-state index in [1.54, 1.807) is 18.0 Å². The van der Waals surface area contributed by atoms with E-state index < -0.39 is 12.0 Å². The van der Waals surface area contributed by atoms with Crippen LogP contribution in [-0.2, 0) is 11.2 Å². The highest BCUT2D eigenvalue weighted by atomic mass is 32.2. The topological polar surface area (TPSA) is 66.4 Å². The van der Waals surface area contributed by atoms with Crippen molar-refractivity contribution in [2.24, 2.45) is 0 Å². The lowest BCUT2D eigenvalue weighted by Gasteiger charge is -2.13. The van der Waals surface area contributed by atoms with Crippen LogP contribution in [-0.4, -0.2) is 34.9 Å². The number of ketones is 1. The summed E-state index contributed by atoms with van der Waals surface area (Å²) >= 11 is 1.61. The molecule has 0 unspecified atom stereocenters. The number of benzene rings is 1. The Morgan fingerprint density at radius 1 is 1.41 bits per heavy atom. The van der Waals surface area contributed by atoms with Gasteiger partial charge in [-0.25, -0.2) is 4.79 Å². The molecule has 0 saturated carbocycles. The molecule has 118 valence electrons. The molecule has 0 spiro atoms. The van der Waals surface area contributed by atoms with Crippen LogP contribution in [0.4, 0.5) is 0 Å². The van der Waals surface area contributed by atoms with Crippen LogP contribution in [0.3, 0.4) is 0 Å². The molecule has 1 atom stereocenters. The first kappa shape index (κ1) is 16.6. The molecule has 22 heavy (non-hydrogen) atoms. The Bertz CT molecular complexity index is 583. The number of carboxylic acid groups (broad SMARTS) is 1. The third-order valence-electron chi connectivity index (χ3n) is 3.81. The number of thioether (sulfide) groups is 1. The minimum absolute atomic E-state index is 0.00889. The zero-order valence-electron chi connectivity index (χ0n) is 12.7. The first-order chi connectivity index (χ1) is 10.6. The van der Waals surface area contributed by atoms with E-state index in [9.17, 15) is 14.7 Å². The van der Waals surface area contributed by atoms with Crippen molar-refractivity contribution in [1.29, 1.82) is 0 Å². The highest BCUT2D eigenvalue weighted by Gasteiger charge is 2.21. The number of carboxylic acids is 1. The van der Waals surface area contributed by atoms with E-state index in [2.05, 4.69) is 5.32 Å². The van der Waals surface area contributed by atoms with Crippen LogP contribution < -0.4 is 5.32 Å². The smallest absolute Gasteiger partial charge is 0.326 e. The monoisotopic (exact) mass is 319 g/mol. The van der Waals surface area contributed by atoms with Gasteiger partial charge in [0.25, 0.3) is 0 Å². The molecular weight excluding hydrogens is 298 g/mol. The van der Waals surface area contributed by atoms with Crippen molar-refractivity contribution in [3.05, 3.63) is 47.2 Å². The maximum absolute atomic E-state index is 12.6. The Hall–Kier alpha value is -1.75. The third kappa shape index (κ3) is 4.13. The number of fused-ring (bicyclic) bond motifs is 1. The lowest BCUT2D eigenvalue weighted by atomic mass is 10.0. The summed E-state index contributed by atoms with van der Waals surface area (Å²) in [5.74, 6) is -0.105. The average molecular weight is 319 g/mol. The third-order valence-corrected chi connectivity index (χ3v) is 4.46. The van der Waals surface area contributed by atoms with E-state index in [0.29, 0.717) is 18.4 Å². The minimum Gasteiger partial charge on any atom is -0.480 e. The molecule has 0 bridgehead atoms. The molecule has 2 N–H and O–H groups in total. The maximum atomic E-state index is 12.6. The van der Waals surface area contributed by atoms with Crippen molar-refractivity contribution in [3.63, 3.8) is 0 Å². The molecule has 0 aliphatic heterocycles. The first-order valence-corrected chi connectivity index (χ1v) is 8.82. The van der Waals surface area contributed by atoms with Gasteiger partial charge in [0, 0.05) is 17.3 Å². The van der Waals surface area contributed by atoms with Gasteiger partial charge in [0.05, 0.1) is 0 Å². The second-order valence-electron chi connectivity index (χ2n) is 5.35. The second-order valence-corrected chi connectivity index (χ2v) is 6.33. The highest BCUT2D eigenvalue weighted by Crippen LogP contribution is 2.23. The number of nitrogens with one attached hydrogen (secondary N) is 1. The Labute approximate surface area is 135 Å². The van der Waals surface area contributed by atoms with Crippen LogP contribution in [0, 0.1) is 0 Å². The highest BCUT2D eigenvalue weighted by molar-refractivity contribution is 7.98. The molecular formula is C17H21NO3S. The van der Waals surface area contributed by atoms with Crippen LogP contribution in [0.5, 0.6) is 0 Å². The molecule has 0 aromatic heterocycles. The molecule has 0 amide bonds. The van der Waals surface area contributed by atoms with E-state index >= 15 is 0 Å². The summed E-state index contributed by atoms with van der Waals surface area (Å²) in [7, 11) is 0. The zero-order chi connectivity index (χ0) is 15.9. The molecule has 0 radical (unpaired) electrons. The Morgan fingerprint density at radius 3 is 2.91 bits per heavy atom. The number of hydrogen-bond acceptors (Lipinski definition) is 4. The second kappa shape index (κ2) is 8.03. The molecule has 1 aromatic carbocycles. The van der Waals surface area contributed by atoms with E-state index in [4.69, 9.17) is 0 Å². The number of aliphatic carboxylic acids is 1. The molecule has 0 heterocycles. The summed E-state index contributed by atoms with van der Waals surface area (Å²) in [5.41, 5.74) is 2.48. The van der Waals surface area contributed by atoms with Gasteiger partial charge in [-0.05, 0) is 43.3 Å². The number of allylic oxidation sites excluding steroid dienone is 1. The van der Waals surface area contributed by atoms with Crippen LogP contribution in [0.25, 0.3) is 0 Å². The molecule has 5 heteroatoms. The standard InChI is InChI=1S/C17H21NO3S/c1-22-10-9-15(17(20)21)18-11-13-7-4-6-12-5-2-3-8-14(12)16(13)19/h2-3,5,8,11,15,18H,4,6-7,9-10H2,1H3,(H,20,21)/b13-11-/t15-/m1/s1. The van der Waals surface area contributed by atoms with Crippen LogP contribution in [0.1, 0.15) is 35.2 Å². The molecule has 0 fully saturated rings. The van der Waals surface area contributed by atoms with Gasteiger partial charge in [-0.1, -0.05) is 24.3 Å². The fraction of sp³-hybridized carbons (Fsp3) is 0.412. The SMILES string of the molecule is CSCC[C@@H](N/C=C1/CCCc2ccccc2C1=O)C(=O)O. The van der Waals surface area contributed by atoms with E-state index in [1.807, 2.05) is 30.5 Å². The van der Waals surface area contributed by atoms with Gasteiger partial charge in [0.2, 0.25) is 0 Å². The first-order valence-electron chi connectivity index (χ1n) is 7.43. The fourth-order valence-corrected chi connectivity index (χ4v) is 3.04. The van der Waals surface area contributed by atoms with Crippen molar-refractivity contribution in [2.45, 2.75) is 31.7 Å². The van der Waals surface area contributed by atoms with Gasteiger partial charge in [-0.15, -0.1) is 0 Å². The van der Waals surface area contributed by atoms with Crippen molar-refractivity contribution in [3.8, 4) is 0 Å². The number of Topliss-reactive ketones (excluding diaryl/α,β-unsaturated/α-hetero) is 1. The molecule has 2 rings (SSSR count). The average Bonchev–Trinajstić information content (AvgIpc) is 2.67. The molecule has 1 aromatic rings. The summed E-state index contributed by atoms with van der Waals surface area (Å²) in [5, 5.41) is 12.1. The fourth-order valence-electron chi connectivity index (χ4n) is 2.57. The number of aryl methyl sites for hydroxylation is 1. The Morgan fingerprint density at radius 2 is 2.18 bits per heavy atom. The number of carbonyl (C=O) groups is 2. The molecule has 1 aliphatic carbocycles. The number of rotatable bonds is 6. The van der Waals surface area contributed by atoms with Crippen molar-refractivity contribution in [1.82, 2.24) is 5.32 Å². The quantitative estimate of drug-likeness (QED) is 0.623. The van der Waals surface area contributed by atoms with Gasteiger partial charge in [0.1, 0.15) is 6.04 Å². The van der Waals surface area contributed by atoms with Gasteiger partial charge >= 0.3 is 5.97 Å². The largest absolute Gasteiger partial charge is 0.480 e. The van der Waals surface area contributed by atoms with Crippen molar-refractivity contribution in [2.75, 3.05) is 12.0 Å². The molecule has 0 saturated heterocycles. The zero-order valence-corrected chi connectivity index (χ0v) is 13.5. The summed E-state index contributed by atoms with van der Waals surface area (Å²) in [6.45, 7) is 0. The summed E-state index contributed by atoms with van der Waals surface area (Å²) in [6, 6.07) is 7.00. The normalized spacial score (nSPS) is 17.7. The van der Waals surface area contributed by atoms with E-state index in [1.165, 1.54) is 0 Å². The van der Waals surface area contributed by atoms with Gasteiger partial charge in [-0.2, -0.15) is 11.8 Å². The van der Waals surface area contributed by atoms with Crippen LogP contribution in [0.2, 0.25) is 0 Å². The van der Waals surface area contributed by atoms with Crippen LogP contribution >= 0.6 is 11.8 Å². The van der Waals surface area contributed by atoms with E-state index in [0.717, 1.165) is 29.7 Å². The molecule has 1 aliphatic rings. The van der Waals surface area contributed by atoms with Crippen molar-refractivity contribution < 1.29 is 14.7 Å². The number of carbonyl (C=O) groups excluding carboxylic acids is 1. The lowest BCUT2D eigenvalue weighted by Crippen LogP contribution is -2.34. The van der Waals surface area contributed by atoms with Gasteiger partial charge < -0.3 is 10.4 Å². The Kier molecular flexibility index (Phi) is 6.07. The minimum atomic E-state index is -0.882. The molecule has 4 nitrogen and oxygen atoms in total. The summed E-state index contributed by atoms with van der Waals surface area (Å²) in [4.78, 5) is 23.8. The van der Waals surface area contributed by atoms with Gasteiger partial charge in [-0.3, -0.25) is 4.79 Å². The predicted octanol–water partition coefficient (Wildman–Crippen LogP) is 2.89. The number of hydrogen-bond donors (Lipinski definition) is 2. The van der Waals surface area contributed by atoms with E-state index in [-0.39, 0.29) is 5.78 Å². The summed E-state index contributed by atoms with van der Waals surface area (Å²) in [6.07, 6.45) is 6.56. The van der Waals surface area contributed by atoms with Crippen LogP contribution in [0.15, 0.2) is 36.0 Å². The van der Waals surface area contributed by atoms with Gasteiger partial charge in [0.15, 0.2) is 5.78 Å².